The van der Waals surface area contributed by atoms with Gasteiger partial charge in [0.1, 0.15) is 5.58 Å². The van der Waals surface area contributed by atoms with Crippen molar-refractivity contribution in [2.24, 2.45) is 0 Å². The number of alkyl halides is 3. The molecule has 1 aliphatic carbocycles. The van der Waals surface area contributed by atoms with Crippen molar-refractivity contribution < 1.29 is 27.5 Å². The molecule has 1 aromatic carbocycles. The lowest BCUT2D eigenvalue weighted by atomic mass is 9.78. The first kappa shape index (κ1) is 14.0. The lowest BCUT2D eigenvalue weighted by Crippen LogP contribution is -2.32. The van der Waals surface area contributed by atoms with E-state index in [4.69, 9.17) is 4.42 Å². The fourth-order valence-electron chi connectivity index (χ4n) is 3.09. The maximum absolute atomic E-state index is 12.6. The van der Waals surface area contributed by atoms with Crippen LogP contribution in [0.4, 0.5) is 13.2 Å². The van der Waals surface area contributed by atoms with Crippen molar-refractivity contribution in [1.82, 2.24) is 0 Å². The Labute approximate surface area is 118 Å². The highest BCUT2D eigenvalue weighted by Gasteiger charge is 2.43. The molecule has 3 nitrogen and oxygen atoms in total. The molecule has 1 aliphatic rings. The van der Waals surface area contributed by atoms with Crippen LogP contribution in [0.1, 0.15) is 37.0 Å². The first-order valence-corrected chi connectivity index (χ1v) is 6.68. The predicted molar refractivity (Wildman–Crippen MR) is 69.0 cm³/mol. The number of fused-ring (bicyclic) bond motifs is 1. The van der Waals surface area contributed by atoms with Crippen molar-refractivity contribution in [2.75, 3.05) is 0 Å². The number of hydrogen-bond donors (Lipinski definition) is 1. The van der Waals surface area contributed by atoms with Gasteiger partial charge in [0.25, 0.3) is 0 Å². The normalized spacial score (nSPS) is 18.2. The molecule has 2 aromatic rings. The second-order valence-corrected chi connectivity index (χ2v) is 5.46. The number of hydrogen-bond acceptors (Lipinski definition) is 2. The minimum atomic E-state index is -4.54. The zero-order valence-electron chi connectivity index (χ0n) is 11.0. The van der Waals surface area contributed by atoms with Crippen LogP contribution in [0.25, 0.3) is 11.0 Å². The highest BCUT2D eigenvalue weighted by atomic mass is 19.4. The summed E-state index contributed by atoms with van der Waals surface area (Å²) in [5, 5.41) is 9.80. The minimum Gasteiger partial charge on any atom is -0.481 e. The van der Waals surface area contributed by atoms with Gasteiger partial charge in [0.15, 0.2) is 0 Å². The summed E-state index contributed by atoms with van der Waals surface area (Å²) in [5.41, 5.74) is -0.316. The number of carboxylic acid groups (broad SMARTS) is 1. The van der Waals surface area contributed by atoms with Crippen molar-refractivity contribution in [1.29, 1.82) is 0 Å². The van der Waals surface area contributed by atoms with Gasteiger partial charge in [0.2, 0.25) is 5.76 Å². The van der Waals surface area contributed by atoms with E-state index in [-0.39, 0.29) is 11.0 Å². The average molecular weight is 298 g/mol. The summed E-state index contributed by atoms with van der Waals surface area (Å²) in [6.07, 6.45) is -1.90. The summed E-state index contributed by atoms with van der Waals surface area (Å²) in [7, 11) is 0. The average Bonchev–Trinajstić information content (AvgIpc) is 3.04. The van der Waals surface area contributed by atoms with Crippen LogP contribution in [0, 0.1) is 0 Å². The molecule has 6 heteroatoms. The number of rotatable bonds is 2. The molecule has 1 aromatic heterocycles. The summed E-state index contributed by atoms with van der Waals surface area (Å²) < 4.78 is 42.7. The summed E-state index contributed by atoms with van der Waals surface area (Å²) in [4.78, 5) is 11.6. The number of aliphatic carboxylic acids is 1. The van der Waals surface area contributed by atoms with Crippen LogP contribution in [0.3, 0.4) is 0 Å². The summed E-state index contributed by atoms with van der Waals surface area (Å²) in [5.74, 6) is -1.98. The molecule has 0 saturated heterocycles. The molecule has 0 bridgehead atoms. The van der Waals surface area contributed by atoms with Crippen LogP contribution in [-0.4, -0.2) is 11.1 Å². The lowest BCUT2D eigenvalue weighted by Gasteiger charge is -2.24. The molecule has 1 heterocycles. The summed E-state index contributed by atoms with van der Waals surface area (Å²) in [6, 6.07) is 5.41. The Morgan fingerprint density at radius 3 is 2.43 bits per heavy atom. The molecule has 1 fully saturated rings. The van der Waals surface area contributed by atoms with Crippen molar-refractivity contribution >= 4 is 16.9 Å². The Morgan fingerprint density at radius 2 is 1.86 bits per heavy atom. The van der Waals surface area contributed by atoms with E-state index < -0.39 is 23.3 Å². The van der Waals surface area contributed by atoms with Gasteiger partial charge < -0.3 is 9.52 Å². The third-order valence-corrected chi connectivity index (χ3v) is 4.21. The molecule has 0 radical (unpaired) electrons. The minimum absolute atomic E-state index is 0.115. The molecule has 21 heavy (non-hydrogen) atoms. The number of benzene rings is 1. The van der Waals surface area contributed by atoms with E-state index in [2.05, 4.69) is 0 Å². The Hall–Kier alpha value is -1.98. The largest absolute Gasteiger partial charge is 0.481 e. The zero-order chi connectivity index (χ0) is 15.3. The van der Waals surface area contributed by atoms with Gasteiger partial charge in [-0.1, -0.05) is 18.9 Å². The highest BCUT2D eigenvalue weighted by molar-refractivity contribution is 5.85. The molecule has 0 atom stereocenters. The molecule has 0 spiro atoms. The van der Waals surface area contributed by atoms with Crippen molar-refractivity contribution in [2.45, 2.75) is 37.3 Å². The van der Waals surface area contributed by atoms with E-state index in [1.807, 2.05) is 0 Å². The monoisotopic (exact) mass is 298 g/mol. The van der Waals surface area contributed by atoms with E-state index in [1.165, 1.54) is 12.1 Å². The Bertz CT molecular complexity index is 694. The van der Waals surface area contributed by atoms with E-state index >= 15 is 0 Å². The molecular weight excluding hydrogens is 285 g/mol. The van der Waals surface area contributed by atoms with Gasteiger partial charge in [-0.05, 0) is 36.6 Å². The lowest BCUT2D eigenvalue weighted by molar-refractivity contribution is -0.152. The second kappa shape index (κ2) is 4.51. The van der Waals surface area contributed by atoms with E-state index in [0.29, 0.717) is 18.4 Å². The standard InChI is InChI=1S/C15H13F3O3/c16-15(17,18)12-8-9-7-10(3-4-11(9)21-12)14(13(19)20)5-1-2-6-14/h3-4,7-8H,1-2,5-6H2,(H,19,20). The first-order valence-electron chi connectivity index (χ1n) is 6.68. The maximum atomic E-state index is 12.6. The molecular formula is C15H13F3O3. The van der Waals surface area contributed by atoms with E-state index in [1.54, 1.807) is 6.07 Å². The van der Waals surface area contributed by atoms with Crippen molar-refractivity contribution in [3.05, 3.63) is 35.6 Å². The van der Waals surface area contributed by atoms with Gasteiger partial charge in [-0.2, -0.15) is 13.2 Å². The van der Waals surface area contributed by atoms with E-state index in [9.17, 15) is 23.1 Å². The molecule has 1 N–H and O–H groups in total. The third-order valence-electron chi connectivity index (χ3n) is 4.21. The van der Waals surface area contributed by atoms with Crippen LogP contribution in [0.2, 0.25) is 0 Å². The first-order chi connectivity index (χ1) is 9.83. The van der Waals surface area contributed by atoms with E-state index in [0.717, 1.165) is 18.9 Å². The Kier molecular flexibility index (Phi) is 3.00. The van der Waals surface area contributed by atoms with Gasteiger partial charge in [0, 0.05) is 5.39 Å². The number of halogens is 3. The molecule has 3 rings (SSSR count). The number of furan rings is 1. The van der Waals surface area contributed by atoms with Crippen LogP contribution in [-0.2, 0) is 16.4 Å². The summed E-state index contributed by atoms with van der Waals surface area (Å²) in [6.45, 7) is 0. The van der Waals surface area contributed by atoms with Gasteiger partial charge in [0.05, 0.1) is 5.41 Å². The van der Waals surface area contributed by atoms with Gasteiger partial charge in [-0.25, -0.2) is 0 Å². The maximum Gasteiger partial charge on any atom is 0.449 e. The number of carbonyl (C=O) groups is 1. The quantitative estimate of drug-likeness (QED) is 0.896. The molecule has 0 aliphatic heterocycles. The molecule has 112 valence electrons. The predicted octanol–water partition coefficient (Wildman–Crippen LogP) is 4.35. The second-order valence-electron chi connectivity index (χ2n) is 5.46. The van der Waals surface area contributed by atoms with Crippen LogP contribution < -0.4 is 0 Å². The van der Waals surface area contributed by atoms with Crippen LogP contribution >= 0.6 is 0 Å². The van der Waals surface area contributed by atoms with Crippen LogP contribution in [0.5, 0.6) is 0 Å². The topological polar surface area (TPSA) is 50.4 Å². The fourth-order valence-corrected chi connectivity index (χ4v) is 3.09. The summed E-state index contributed by atoms with van der Waals surface area (Å²) >= 11 is 0. The zero-order valence-corrected chi connectivity index (χ0v) is 11.0. The third kappa shape index (κ3) is 2.18. The highest BCUT2D eigenvalue weighted by Crippen LogP contribution is 2.43. The Balaban J connectivity index is 2.10. The SMILES string of the molecule is O=C(O)C1(c2ccc3oc(C(F)(F)F)cc3c2)CCCC1. The number of carboxylic acids is 1. The Morgan fingerprint density at radius 1 is 1.19 bits per heavy atom. The van der Waals surface area contributed by atoms with Gasteiger partial charge in [-0.15, -0.1) is 0 Å². The van der Waals surface area contributed by atoms with Gasteiger partial charge in [-0.3, -0.25) is 4.79 Å². The smallest absolute Gasteiger partial charge is 0.449 e. The van der Waals surface area contributed by atoms with Gasteiger partial charge >= 0.3 is 12.1 Å². The van der Waals surface area contributed by atoms with Crippen LogP contribution in [0.15, 0.2) is 28.7 Å². The van der Waals surface area contributed by atoms with Crippen molar-refractivity contribution in [3.63, 3.8) is 0 Å². The molecule has 1 saturated carbocycles. The fraction of sp³-hybridized carbons (Fsp3) is 0.400. The molecule has 0 amide bonds. The molecule has 0 unspecified atom stereocenters. The van der Waals surface area contributed by atoms with Crippen molar-refractivity contribution in [3.8, 4) is 0 Å².